The molecule has 1 aromatic heterocycles. The van der Waals surface area contributed by atoms with Crippen molar-refractivity contribution in [3.8, 4) is 5.88 Å². The van der Waals surface area contributed by atoms with Gasteiger partial charge in [0, 0.05) is 6.07 Å². The SMILES string of the molecule is CCOc1cc(S(N)(=O)=O)ncn1. The van der Waals surface area contributed by atoms with Gasteiger partial charge in [-0.2, -0.15) is 0 Å². The van der Waals surface area contributed by atoms with E-state index in [1.54, 1.807) is 6.92 Å². The first kappa shape index (κ1) is 9.87. The molecule has 0 aliphatic heterocycles. The summed E-state index contributed by atoms with van der Waals surface area (Å²) in [6, 6.07) is 1.18. The van der Waals surface area contributed by atoms with Crippen LogP contribution in [0.1, 0.15) is 6.92 Å². The van der Waals surface area contributed by atoms with E-state index in [0.717, 1.165) is 6.33 Å². The lowest BCUT2D eigenvalue weighted by Crippen LogP contribution is -2.14. The monoisotopic (exact) mass is 203 g/mol. The van der Waals surface area contributed by atoms with E-state index in [1.807, 2.05) is 0 Å². The molecule has 0 atom stereocenters. The van der Waals surface area contributed by atoms with Gasteiger partial charge in [-0.3, -0.25) is 0 Å². The van der Waals surface area contributed by atoms with Crippen molar-refractivity contribution in [2.45, 2.75) is 11.9 Å². The summed E-state index contributed by atoms with van der Waals surface area (Å²) in [4.78, 5) is 7.18. The van der Waals surface area contributed by atoms with Gasteiger partial charge in [0.15, 0.2) is 5.03 Å². The van der Waals surface area contributed by atoms with Gasteiger partial charge in [-0.25, -0.2) is 23.5 Å². The van der Waals surface area contributed by atoms with Crippen LogP contribution in [0, 0.1) is 0 Å². The standard InChI is InChI=1S/C6H9N3O3S/c1-2-12-5-3-6(9-4-8-5)13(7,10)11/h3-4H,2H2,1H3,(H2,7,10,11). The smallest absolute Gasteiger partial charge is 0.255 e. The molecule has 6 nitrogen and oxygen atoms in total. The zero-order valence-corrected chi connectivity index (χ0v) is 7.78. The summed E-state index contributed by atoms with van der Waals surface area (Å²) in [7, 11) is -3.77. The molecule has 0 unspecified atom stereocenters. The molecule has 0 aliphatic carbocycles. The zero-order valence-electron chi connectivity index (χ0n) is 6.97. The molecule has 72 valence electrons. The molecule has 1 aromatic rings. The van der Waals surface area contributed by atoms with Gasteiger partial charge >= 0.3 is 0 Å². The van der Waals surface area contributed by atoms with Crippen molar-refractivity contribution in [1.82, 2.24) is 9.97 Å². The minimum atomic E-state index is -3.77. The van der Waals surface area contributed by atoms with Crippen molar-refractivity contribution in [3.05, 3.63) is 12.4 Å². The quantitative estimate of drug-likeness (QED) is 0.669. The maximum Gasteiger partial charge on any atom is 0.255 e. The van der Waals surface area contributed by atoms with Crippen LogP contribution in [0.2, 0.25) is 0 Å². The highest BCUT2D eigenvalue weighted by Gasteiger charge is 2.10. The van der Waals surface area contributed by atoms with Crippen LogP contribution < -0.4 is 9.88 Å². The lowest BCUT2D eigenvalue weighted by molar-refractivity contribution is 0.324. The summed E-state index contributed by atoms with van der Waals surface area (Å²) in [6.45, 7) is 2.17. The van der Waals surface area contributed by atoms with E-state index in [9.17, 15) is 8.42 Å². The number of hydrogen-bond acceptors (Lipinski definition) is 5. The Morgan fingerprint density at radius 3 is 2.77 bits per heavy atom. The van der Waals surface area contributed by atoms with Gasteiger partial charge in [0.25, 0.3) is 10.0 Å². The predicted molar refractivity (Wildman–Crippen MR) is 44.6 cm³/mol. The van der Waals surface area contributed by atoms with Crippen molar-refractivity contribution >= 4 is 10.0 Å². The Morgan fingerprint density at radius 2 is 2.23 bits per heavy atom. The van der Waals surface area contributed by atoms with Crippen LogP contribution in [-0.4, -0.2) is 25.0 Å². The molecule has 13 heavy (non-hydrogen) atoms. The molecule has 0 bridgehead atoms. The third-order valence-electron chi connectivity index (χ3n) is 1.20. The molecule has 0 saturated carbocycles. The van der Waals surface area contributed by atoms with E-state index in [0.29, 0.717) is 6.61 Å². The fourth-order valence-corrected chi connectivity index (χ4v) is 1.16. The molecule has 0 aromatic carbocycles. The van der Waals surface area contributed by atoms with E-state index in [1.165, 1.54) is 6.07 Å². The highest BCUT2D eigenvalue weighted by molar-refractivity contribution is 7.89. The van der Waals surface area contributed by atoms with Crippen LogP contribution in [0.25, 0.3) is 0 Å². The minimum Gasteiger partial charge on any atom is -0.478 e. The first-order chi connectivity index (χ1) is 6.04. The number of aromatic nitrogens is 2. The van der Waals surface area contributed by atoms with Crippen LogP contribution in [0.15, 0.2) is 17.4 Å². The van der Waals surface area contributed by atoms with Crippen molar-refractivity contribution in [1.29, 1.82) is 0 Å². The summed E-state index contributed by atoms with van der Waals surface area (Å²) in [5.74, 6) is 0.196. The maximum atomic E-state index is 10.8. The van der Waals surface area contributed by atoms with Gasteiger partial charge in [0.2, 0.25) is 5.88 Å². The van der Waals surface area contributed by atoms with Crippen LogP contribution >= 0.6 is 0 Å². The Hall–Kier alpha value is -1.21. The van der Waals surface area contributed by atoms with E-state index < -0.39 is 10.0 Å². The van der Waals surface area contributed by atoms with Crippen LogP contribution in [0.3, 0.4) is 0 Å². The molecule has 0 fully saturated rings. The molecular formula is C6H9N3O3S. The number of rotatable bonds is 3. The molecule has 0 spiro atoms. The van der Waals surface area contributed by atoms with Crippen LogP contribution in [0.5, 0.6) is 5.88 Å². The van der Waals surface area contributed by atoms with Gasteiger partial charge in [-0.15, -0.1) is 0 Å². The number of primary sulfonamides is 1. The Kier molecular flexibility index (Phi) is 2.79. The summed E-state index contributed by atoms with van der Waals surface area (Å²) in [6.07, 6.45) is 1.09. The zero-order chi connectivity index (χ0) is 9.90. The Balaban J connectivity index is 3.06. The van der Waals surface area contributed by atoms with Gasteiger partial charge in [0.05, 0.1) is 6.61 Å². The first-order valence-electron chi connectivity index (χ1n) is 3.51. The second-order valence-corrected chi connectivity index (χ2v) is 3.68. The summed E-state index contributed by atoms with van der Waals surface area (Å²) in [5.41, 5.74) is 0. The number of nitrogens with two attached hydrogens (primary N) is 1. The highest BCUT2D eigenvalue weighted by atomic mass is 32.2. The predicted octanol–water partition coefficient (Wildman–Crippen LogP) is -0.477. The second-order valence-electron chi connectivity index (χ2n) is 2.17. The summed E-state index contributed by atoms with van der Waals surface area (Å²) in [5, 5.41) is 4.60. The Bertz CT molecular complexity index is 390. The fourth-order valence-electron chi connectivity index (χ4n) is 0.705. The molecule has 0 saturated heterocycles. The Morgan fingerprint density at radius 1 is 1.54 bits per heavy atom. The summed E-state index contributed by atoms with van der Waals surface area (Å²) >= 11 is 0. The van der Waals surface area contributed by atoms with Crippen molar-refractivity contribution in [3.63, 3.8) is 0 Å². The first-order valence-corrected chi connectivity index (χ1v) is 5.06. The van der Waals surface area contributed by atoms with E-state index >= 15 is 0 Å². The third-order valence-corrected chi connectivity index (χ3v) is 2.01. The largest absolute Gasteiger partial charge is 0.478 e. The fraction of sp³-hybridized carbons (Fsp3) is 0.333. The van der Waals surface area contributed by atoms with Gasteiger partial charge in [-0.1, -0.05) is 0 Å². The maximum absolute atomic E-state index is 10.8. The molecule has 2 N–H and O–H groups in total. The number of ether oxygens (including phenoxy) is 1. The molecule has 0 radical (unpaired) electrons. The molecule has 0 aliphatic rings. The highest BCUT2D eigenvalue weighted by Crippen LogP contribution is 2.09. The molecule has 0 amide bonds. The normalized spacial score (nSPS) is 11.2. The Labute approximate surface area is 75.8 Å². The lowest BCUT2D eigenvalue weighted by Gasteiger charge is -2.01. The molecule has 1 rings (SSSR count). The topological polar surface area (TPSA) is 95.2 Å². The average Bonchev–Trinajstić information content (AvgIpc) is 2.04. The second kappa shape index (κ2) is 3.67. The minimum absolute atomic E-state index is 0.196. The van der Waals surface area contributed by atoms with E-state index in [-0.39, 0.29) is 10.9 Å². The van der Waals surface area contributed by atoms with Crippen molar-refractivity contribution in [2.75, 3.05) is 6.61 Å². The molecule has 1 heterocycles. The number of nitrogens with zero attached hydrogens (tertiary/aromatic N) is 2. The number of sulfonamides is 1. The van der Waals surface area contributed by atoms with Gasteiger partial charge in [-0.05, 0) is 6.92 Å². The van der Waals surface area contributed by atoms with Crippen LogP contribution in [0.4, 0.5) is 0 Å². The lowest BCUT2D eigenvalue weighted by atomic mass is 10.6. The average molecular weight is 203 g/mol. The van der Waals surface area contributed by atoms with Crippen molar-refractivity contribution in [2.24, 2.45) is 5.14 Å². The van der Waals surface area contributed by atoms with Gasteiger partial charge < -0.3 is 4.74 Å². The molecular weight excluding hydrogens is 194 g/mol. The third kappa shape index (κ3) is 2.63. The number of hydrogen-bond donors (Lipinski definition) is 1. The van der Waals surface area contributed by atoms with Crippen molar-refractivity contribution < 1.29 is 13.2 Å². The van der Waals surface area contributed by atoms with E-state index in [4.69, 9.17) is 9.88 Å². The molecule has 7 heteroatoms. The van der Waals surface area contributed by atoms with Gasteiger partial charge in [0.1, 0.15) is 6.33 Å². The summed E-state index contributed by atoms with van der Waals surface area (Å²) < 4.78 is 26.6. The van der Waals surface area contributed by atoms with E-state index in [2.05, 4.69) is 9.97 Å². The van der Waals surface area contributed by atoms with Crippen LogP contribution in [-0.2, 0) is 10.0 Å².